The molecule has 1 N–H and O–H groups in total. The smallest absolute Gasteiger partial charge is 0.304 e. The number of methoxy groups -OCH3 is 1. The van der Waals surface area contributed by atoms with Crippen LogP contribution in [-0.4, -0.2) is 24.1 Å². The van der Waals surface area contributed by atoms with E-state index in [4.69, 9.17) is 4.74 Å². The Kier molecular flexibility index (Phi) is 4.01. The molecule has 3 rings (SSSR count). The summed E-state index contributed by atoms with van der Waals surface area (Å²) in [5, 5.41) is 9.23. The van der Waals surface area contributed by atoms with Crippen LogP contribution in [0.1, 0.15) is 24.5 Å². The first-order valence-electron chi connectivity index (χ1n) is 7.72. The molecule has 0 aliphatic carbocycles. The van der Waals surface area contributed by atoms with Crippen LogP contribution in [0.4, 0.5) is 5.69 Å². The van der Waals surface area contributed by atoms with E-state index in [1.54, 1.807) is 18.9 Å². The summed E-state index contributed by atoms with van der Waals surface area (Å²) in [4.78, 5) is 25.9. The number of anilines is 1. The lowest BCUT2D eigenvalue weighted by molar-refractivity contribution is -0.141. The van der Waals surface area contributed by atoms with Gasteiger partial charge in [-0.3, -0.25) is 9.59 Å². The molecule has 2 aromatic rings. The minimum Gasteiger partial charge on any atom is -0.497 e. The SMILES string of the molecule is COc1ccc(CN2C(=O)C(C)(CC(=O)O)c3ccccc32)cc1. The third-order valence-electron chi connectivity index (χ3n) is 4.51. The van der Waals surface area contributed by atoms with Gasteiger partial charge in [0.1, 0.15) is 5.75 Å². The quantitative estimate of drug-likeness (QED) is 0.918. The maximum absolute atomic E-state index is 13.0. The highest BCUT2D eigenvalue weighted by molar-refractivity contribution is 6.09. The number of rotatable bonds is 5. The highest BCUT2D eigenvalue weighted by Crippen LogP contribution is 2.44. The monoisotopic (exact) mass is 325 g/mol. The number of carboxylic acid groups (broad SMARTS) is 1. The van der Waals surface area contributed by atoms with Crippen LogP contribution in [0, 0.1) is 0 Å². The van der Waals surface area contributed by atoms with Crippen molar-refractivity contribution < 1.29 is 19.4 Å². The molecule has 24 heavy (non-hydrogen) atoms. The number of carbonyl (C=O) groups is 2. The lowest BCUT2D eigenvalue weighted by atomic mass is 9.81. The number of hydrogen-bond acceptors (Lipinski definition) is 3. The number of carboxylic acids is 1. The summed E-state index contributed by atoms with van der Waals surface area (Å²) in [6, 6.07) is 14.9. The van der Waals surface area contributed by atoms with Crippen molar-refractivity contribution in [1.29, 1.82) is 0 Å². The van der Waals surface area contributed by atoms with E-state index < -0.39 is 11.4 Å². The molecule has 2 aromatic carbocycles. The highest BCUT2D eigenvalue weighted by Gasteiger charge is 2.48. The van der Waals surface area contributed by atoms with Gasteiger partial charge in [-0.15, -0.1) is 0 Å². The zero-order valence-electron chi connectivity index (χ0n) is 13.7. The average Bonchev–Trinajstić information content (AvgIpc) is 2.77. The minimum atomic E-state index is -1.03. The molecule has 0 saturated heterocycles. The van der Waals surface area contributed by atoms with Gasteiger partial charge in [0.2, 0.25) is 5.91 Å². The Morgan fingerprint density at radius 1 is 1.17 bits per heavy atom. The van der Waals surface area contributed by atoms with E-state index in [-0.39, 0.29) is 12.3 Å². The van der Waals surface area contributed by atoms with E-state index in [0.29, 0.717) is 6.54 Å². The predicted molar refractivity (Wildman–Crippen MR) is 90.2 cm³/mol. The van der Waals surface area contributed by atoms with E-state index in [2.05, 4.69) is 0 Å². The standard InChI is InChI=1S/C19H19NO4/c1-19(11-17(21)22)15-5-3-4-6-16(15)20(18(19)23)12-13-7-9-14(24-2)10-8-13/h3-10H,11-12H2,1-2H3,(H,21,22). The van der Waals surface area contributed by atoms with Crippen molar-refractivity contribution in [2.75, 3.05) is 12.0 Å². The number of para-hydroxylation sites is 1. The number of nitrogens with zero attached hydrogens (tertiary/aromatic N) is 1. The first-order valence-corrected chi connectivity index (χ1v) is 7.72. The Hall–Kier alpha value is -2.82. The van der Waals surface area contributed by atoms with Crippen LogP contribution in [-0.2, 0) is 21.5 Å². The van der Waals surface area contributed by atoms with E-state index in [1.807, 2.05) is 48.5 Å². The van der Waals surface area contributed by atoms with Crippen molar-refractivity contribution in [2.45, 2.75) is 25.3 Å². The number of ether oxygens (including phenoxy) is 1. The van der Waals surface area contributed by atoms with Gasteiger partial charge in [-0.1, -0.05) is 30.3 Å². The minimum absolute atomic E-state index is 0.179. The third-order valence-corrected chi connectivity index (χ3v) is 4.51. The first-order chi connectivity index (χ1) is 11.5. The van der Waals surface area contributed by atoms with Crippen molar-refractivity contribution in [2.24, 2.45) is 0 Å². The molecule has 0 radical (unpaired) electrons. The molecular weight excluding hydrogens is 306 g/mol. The summed E-state index contributed by atoms with van der Waals surface area (Å²) in [6.07, 6.45) is -0.220. The molecule has 0 aromatic heterocycles. The molecule has 5 nitrogen and oxygen atoms in total. The fourth-order valence-corrected chi connectivity index (χ4v) is 3.24. The summed E-state index contributed by atoms with van der Waals surface area (Å²) < 4.78 is 5.15. The van der Waals surface area contributed by atoms with Crippen LogP contribution in [0.3, 0.4) is 0 Å². The topological polar surface area (TPSA) is 66.8 Å². The van der Waals surface area contributed by atoms with Gasteiger partial charge in [-0.25, -0.2) is 0 Å². The summed E-state index contributed by atoms with van der Waals surface area (Å²) in [5.41, 5.74) is 1.47. The Balaban J connectivity index is 1.96. The van der Waals surface area contributed by atoms with Gasteiger partial charge in [0, 0.05) is 5.69 Å². The molecule has 1 amide bonds. The molecule has 1 aliphatic heterocycles. The Bertz CT molecular complexity index is 784. The summed E-state index contributed by atoms with van der Waals surface area (Å²) >= 11 is 0. The van der Waals surface area contributed by atoms with Crippen molar-refractivity contribution >= 4 is 17.6 Å². The molecular formula is C19H19NO4. The molecule has 0 spiro atoms. The predicted octanol–water partition coefficient (Wildman–Crippen LogP) is 2.97. The third kappa shape index (κ3) is 2.62. The lowest BCUT2D eigenvalue weighted by Gasteiger charge is -2.23. The molecule has 1 aliphatic rings. The Morgan fingerprint density at radius 2 is 1.83 bits per heavy atom. The van der Waals surface area contributed by atoms with Crippen molar-refractivity contribution in [1.82, 2.24) is 0 Å². The van der Waals surface area contributed by atoms with Gasteiger partial charge in [-0.05, 0) is 36.2 Å². The molecule has 124 valence electrons. The number of amides is 1. The van der Waals surface area contributed by atoms with Crippen molar-refractivity contribution in [3.63, 3.8) is 0 Å². The molecule has 0 fully saturated rings. The van der Waals surface area contributed by atoms with Gasteiger partial charge in [-0.2, -0.15) is 0 Å². The zero-order valence-corrected chi connectivity index (χ0v) is 13.7. The number of fused-ring (bicyclic) bond motifs is 1. The first kappa shape index (κ1) is 16.1. The maximum atomic E-state index is 13.0. The largest absolute Gasteiger partial charge is 0.497 e. The summed E-state index contributed by atoms with van der Waals surface area (Å²) in [7, 11) is 1.60. The summed E-state index contributed by atoms with van der Waals surface area (Å²) in [6.45, 7) is 2.10. The number of carbonyl (C=O) groups excluding carboxylic acids is 1. The zero-order chi connectivity index (χ0) is 17.3. The van der Waals surface area contributed by atoms with Gasteiger partial charge >= 0.3 is 5.97 Å². The van der Waals surface area contributed by atoms with E-state index in [0.717, 1.165) is 22.6 Å². The molecule has 5 heteroatoms. The van der Waals surface area contributed by atoms with E-state index in [1.165, 1.54) is 0 Å². The number of aliphatic carboxylic acids is 1. The number of benzene rings is 2. The van der Waals surface area contributed by atoms with Crippen LogP contribution in [0.5, 0.6) is 5.75 Å². The van der Waals surface area contributed by atoms with Crippen LogP contribution in [0.2, 0.25) is 0 Å². The summed E-state index contributed by atoms with van der Waals surface area (Å²) in [5.74, 6) is -0.406. The molecule has 0 saturated carbocycles. The van der Waals surface area contributed by atoms with Crippen molar-refractivity contribution in [3.8, 4) is 5.75 Å². The second-order valence-electron chi connectivity index (χ2n) is 6.16. The van der Waals surface area contributed by atoms with Crippen molar-refractivity contribution in [3.05, 3.63) is 59.7 Å². The maximum Gasteiger partial charge on any atom is 0.304 e. The van der Waals surface area contributed by atoms with Gasteiger partial charge < -0.3 is 14.7 Å². The second kappa shape index (κ2) is 6.00. The van der Waals surface area contributed by atoms with Crippen LogP contribution in [0.25, 0.3) is 0 Å². The fourth-order valence-electron chi connectivity index (χ4n) is 3.24. The lowest BCUT2D eigenvalue weighted by Crippen LogP contribution is -2.39. The van der Waals surface area contributed by atoms with E-state index in [9.17, 15) is 14.7 Å². The van der Waals surface area contributed by atoms with Gasteiger partial charge in [0.25, 0.3) is 0 Å². The van der Waals surface area contributed by atoms with Crippen LogP contribution >= 0.6 is 0 Å². The highest BCUT2D eigenvalue weighted by atomic mass is 16.5. The number of hydrogen-bond donors (Lipinski definition) is 1. The normalized spacial score (nSPS) is 19.2. The molecule has 1 unspecified atom stereocenters. The van der Waals surface area contributed by atoms with Gasteiger partial charge in [0.05, 0.1) is 25.5 Å². The van der Waals surface area contributed by atoms with Crippen LogP contribution in [0.15, 0.2) is 48.5 Å². The Labute approximate surface area is 140 Å². The average molecular weight is 325 g/mol. The second-order valence-corrected chi connectivity index (χ2v) is 6.16. The molecule has 1 heterocycles. The molecule has 0 bridgehead atoms. The van der Waals surface area contributed by atoms with E-state index >= 15 is 0 Å². The Morgan fingerprint density at radius 3 is 2.46 bits per heavy atom. The van der Waals surface area contributed by atoms with Crippen LogP contribution < -0.4 is 9.64 Å². The molecule has 1 atom stereocenters. The van der Waals surface area contributed by atoms with Gasteiger partial charge in [0.15, 0.2) is 0 Å². The fraction of sp³-hybridized carbons (Fsp3) is 0.263.